The van der Waals surface area contributed by atoms with Gasteiger partial charge in [-0.25, -0.2) is 0 Å². The zero-order chi connectivity index (χ0) is 12.5. The lowest BCUT2D eigenvalue weighted by molar-refractivity contribution is 0.365. The van der Waals surface area contributed by atoms with E-state index in [1.54, 1.807) is 0 Å². The maximum Gasteiger partial charge on any atom is 0.257 e. The SMILES string of the molecule is CN(C)Cc1noc(-c2ccc3c(c2)CNC3)n1. The van der Waals surface area contributed by atoms with Crippen molar-refractivity contribution in [2.24, 2.45) is 0 Å². The summed E-state index contributed by atoms with van der Waals surface area (Å²) in [5.41, 5.74) is 3.67. The van der Waals surface area contributed by atoms with Gasteiger partial charge in [0.15, 0.2) is 5.82 Å². The zero-order valence-electron chi connectivity index (χ0n) is 10.6. The van der Waals surface area contributed by atoms with E-state index in [4.69, 9.17) is 4.52 Å². The molecule has 0 aliphatic carbocycles. The van der Waals surface area contributed by atoms with Gasteiger partial charge in [0.25, 0.3) is 5.89 Å². The molecule has 5 heteroatoms. The predicted octanol–water partition coefficient (Wildman–Crippen LogP) is 1.40. The van der Waals surface area contributed by atoms with Crippen molar-refractivity contribution < 1.29 is 4.52 Å². The van der Waals surface area contributed by atoms with Crippen LogP contribution in [-0.4, -0.2) is 29.1 Å². The molecule has 0 saturated heterocycles. The quantitative estimate of drug-likeness (QED) is 0.884. The Bertz CT molecular complexity index is 562. The lowest BCUT2D eigenvalue weighted by Gasteiger charge is -2.03. The molecule has 1 aromatic heterocycles. The molecule has 1 aliphatic rings. The molecule has 18 heavy (non-hydrogen) atoms. The summed E-state index contributed by atoms with van der Waals surface area (Å²) in [4.78, 5) is 6.42. The van der Waals surface area contributed by atoms with Crippen molar-refractivity contribution in [3.8, 4) is 11.5 Å². The van der Waals surface area contributed by atoms with Crippen LogP contribution in [0.1, 0.15) is 17.0 Å². The number of hydrogen-bond acceptors (Lipinski definition) is 5. The first-order valence-corrected chi connectivity index (χ1v) is 6.02. The molecular weight excluding hydrogens is 228 g/mol. The lowest BCUT2D eigenvalue weighted by Crippen LogP contribution is -2.11. The Morgan fingerprint density at radius 2 is 2.11 bits per heavy atom. The van der Waals surface area contributed by atoms with Crippen LogP contribution in [0.5, 0.6) is 0 Å². The minimum atomic E-state index is 0.599. The fourth-order valence-electron chi connectivity index (χ4n) is 2.15. The van der Waals surface area contributed by atoms with Gasteiger partial charge in [-0.3, -0.25) is 0 Å². The number of aromatic nitrogens is 2. The Kier molecular flexibility index (Phi) is 2.85. The Labute approximate surface area is 106 Å². The van der Waals surface area contributed by atoms with Gasteiger partial charge in [0.1, 0.15) is 0 Å². The van der Waals surface area contributed by atoms with Crippen LogP contribution in [0.4, 0.5) is 0 Å². The van der Waals surface area contributed by atoms with Gasteiger partial charge in [-0.15, -0.1) is 0 Å². The van der Waals surface area contributed by atoms with Gasteiger partial charge in [-0.05, 0) is 37.4 Å². The van der Waals surface area contributed by atoms with Crippen molar-refractivity contribution in [1.29, 1.82) is 0 Å². The van der Waals surface area contributed by atoms with Crippen molar-refractivity contribution in [2.75, 3.05) is 14.1 Å². The van der Waals surface area contributed by atoms with Crippen molar-refractivity contribution in [3.63, 3.8) is 0 Å². The molecule has 0 spiro atoms. The molecule has 3 rings (SSSR count). The molecule has 2 aromatic rings. The summed E-state index contributed by atoms with van der Waals surface area (Å²) in [7, 11) is 3.97. The molecule has 0 atom stereocenters. The normalized spacial score (nSPS) is 14.2. The van der Waals surface area contributed by atoms with E-state index in [2.05, 4.69) is 27.6 Å². The second-order valence-electron chi connectivity index (χ2n) is 4.84. The van der Waals surface area contributed by atoms with E-state index in [0.717, 1.165) is 18.7 Å². The highest BCUT2D eigenvalue weighted by atomic mass is 16.5. The Morgan fingerprint density at radius 1 is 1.28 bits per heavy atom. The molecule has 1 aromatic carbocycles. The molecular formula is C13H16N4O. The maximum absolute atomic E-state index is 5.30. The van der Waals surface area contributed by atoms with Crippen molar-refractivity contribution in [1.82, 2.24) is 20.4 Å². The molecule has 0 unspecified atom stereocenters. The Hall–Kier alpha value is -1.72. The van der Waals surface area contributed by atoms with Crippen molar-refractivity contribution in [3.05, 3.63) is 35.2 Å². The van der Waals surface area contributed by atoms with Gasteiger partial charge in [0.05, 0.1) is 6.54 Å². The van der Waals surface area contributed by atoms with Crippen LogP contribution in [0.2, 0.25) is 0 Å². The van der Waals surface area contributed by atoms with Gasteiger partial charge in [0.2, 0.25) is 0 Å². The second-order valence-corrected chi connectivity index (χ2v) is 4.84. The lowest BCUT2D eigenvalue weighted by atomic mass is 10.1. The molecule has 0 amide bonds. The molecule has 1 N–H and O–H groups in total. The number of fused-ring (bicyclic) bond motifs is 1. The van der Waals surface area contributed by atoms with Gasteiger partial charge in [0, 0.05) is 18.7 Å². The van der Waals surface area contributed by atoms with E-state index >= 15 is 0 Å². The summed E-state index contributed by atoms with van der Waals surface area (Å²) in [6.45, 7) is 2.56. The third kappa shape index (κ3) is 2.14. The predicted molar refractivity (Wildman–Crippen MR) is 67.7 cm³/mol. The van der Waals surface area contributed by atoms with Gasteiger partial charge in [-0.2, -0.15) is 4.98 Å². The summed E-state index contributed by atoms with van der Waals surface area (Å²) in [6, 6.07) is 6.29. The minimum absolute atomic E-state index is 0.599. The molecule has 0 fully saturated rings. The van der Waals surface area contributed by atoms with Crippen LogP contribution in [0.3, 0.4) is 0 Å². The van der Waals surface area contributed by atoms with E-state index in [-0.39, 0.29) is 0 Å². The molecule has 0 saturated carbocycles. The van der Waals surface area contributed by atoms with Crippen LogP contribution in [0.15, 0.2) is 22.7 Å². The van der Waals surface area contributed by atoms with Crippen LogP contribution < -0.4 is 5.32 Å². The monoisotopic (exact) mass is 244 g/mol. The average molecular weight is 244 g/mol. The number of nitrogens with zero attached hydrogens (tertiary/aromatic N) is 3. The number of nitrogens with one attached hydrogen (secondary N) is 1. The Balaban J connectivity index is 1.88. The van der Waals surface area contributed by atoms with Gasteiger partial charge < -0.3 is 14.7 Å². The molecule has 0 radical (unpaired) electrons. The third-order valence-corrected chi connectivity index (χ3v) is 3.01. The highest BCUT2D eigenvalue weighted by Crippen LogP contribution is 2.23. The summed E-state index contributed by atoms with van der Waals surface area (Å²) in [5, 5.41) is 7.31. The summed E-state index contributed by atoms with van der Waals surface area (Å²) < 4.78 is 5.30. The highest BCUT2D eigenvalue weighted by molar-refractivity contribution is 5.56. The average Bonchev–Trinajstić information content (AvgIpc) is 2.95. The van der Waals surface area contributed by atoms with Gasteiger partial charge in [-0.1, -0.05) is 11.2 Å². The standard InChI is InChI=1S/C13H16N4O/c1-17(2)8-12-15-13(18-16-12)9-3-4-10-6-14-7-11(10)5-9/h3-5,14H,6-8H2,1-2H3. The summed E-state index contributed by atoms with van der Waals surface area (Å²) in [5.74, 6) is 1.31. The minimum Gasteiger partial charge on any atom is -0.334 e. The number of hydrogen-bond donors (Lipinski definition) is 1. The van der Waals surface area contributed by atoms with E-state index in [1.807, 2.05) is 25.1 Å². The van der Waals surface area contributed by atoms with Crippen molar-refractivity contribution in [2.45, 2.75) is 19.6 Å². The number of rotatable bonds is 3. The molecule has 1 aliphatic heterocycles. The second kappa shape index (κ2) is 4.51. The van der Waals surface area contributed by atoms with Crippen molar-refractivity contribution >= 4 is 0 Å². The Morgan fingerprint density at radius 3 is 2.94 bits per heavy atom. The zero-order valence-corrected chi connectivity index (χ0v) is 10.6. The van der Waals surface area contributed by atoms with E-state index in [1.165, 1.54) is 11.1 Å². The first-order chi connectivity index (χ1) is 8.72. The first kappa shape index (κ1) is 11.4. The van der Waals surface area contributed by atoms with Gasteiger partial charge >= 0.3 is 0 Å². The van der Waals surface area contributed by atoms with E-state index in [0.29, 0.717) is 18.3 Å². The van der Waals surface area contributed by atoms with E-state index in [9.17, 15) is 0 Å². The first-order valence-electron chi connectivity index (χ1n) is 6.02. The fourth-order valence-corrected chi connectivity index (χ4v) is 2.15. The summed E-state index contributed by atoms with van der Waals surface area (Å²) in [6.07, 6.45) is 0. The molecule has 94 valence electrons. The number of benzene rings is 1. The largest absolute Gasteiger partial charge is 0.334 e. The van der Waals surface area contributed by atoms with Crippen LogP contribution in [0, 0.1) is 0 Å². The van der Waals surface area contributed by atoms with Crippen LogP contribution in [0.25, 0.3) is 11.5 Å². The maximum atomic E-state index is 5.30. The smallest absolute Gasteiger partial charge is 0.257 e. The summed E-state index contributed by atoms with van der Waals surface area (Å²) >= 11 is 0. The highest BCUT2D eigenvalue weighted by Gasteiger charge is 2.14. The molecule has 0 bridgehead atoms. The topological polar surface area (TPSA) is 54.2 Å². The fraction of sp³-hybridized carbons (Fsp3) is 0.385. The van der Waals surface area contributed by atoms with Crippen LogP contribution >= 0.6 is 0 Å². The molecule has 2 heterocycles. The van der Waals surface area contributed by atoms with Crippen LogP contribution in [-0.2, 0) is 19.6 Å². The molecule has 5 nitrogen and oxygen atoms in total. The van der Waals surface area contributed by atoms with E-state index < -0.39 is 0 Å². The third-order valence-electron chi connectivity index (χ3n) is 3.01.